The minimum absolute atomic E-state index is 0.153. The molecule has 4 nitrogen and oxygen atoms in total. The van der Waals surface area contributed by atoms with Gasteiger partial charge in [-0.1, -0.05) is 44.0 Å². The highest BCUT2D eigenvalue weighted by Crippen LogP contribution is 2.28. The molecule has 1 aromatic rings. The standard InChI is InChI=1S/C16H25ClN4/c1-16(2,3)15-20-13(17)12(18)14(21-15)19-10-9-11-7-5-4-6-8-11/h7H,4-6,8-10,18H2,1-3H3,(H,19,20,21). The van der Waals surface area contributed by atoms with Gasteiger partial charge in [0.2, 0.25) is 0 Å². The second-order valence-corrected chi connectivity index (χ2v) is 6.99. The minimum atomic E-state index is -0.153. The van der Waals surface area contributed by atoms with Gasteiger partial charge in [0.15, 0.2) is 11.0 Å². The van der Waals surface area contributed by atoms with Crippen LogP contribution in [0.3, 0.4) is 0 Å². The summed E-state index contributed by atoms with van der Waals surface area (Å²) in [5, 5.41) is 3.64. The maximum atomic E-state index is 6.13. The summed E-state index contributed by atoms with van der Waals surface area (Å²) in [7, 11) is 0. The van der Waals surface area contributed by atoms with Crippen molar-refractivity contribution in [3.63, 3.8) is 0 Å². The van der Waals surface area contributed by atoms with Crippen molar-refractivity contribution in [3.05, 3.63) is 22.6 Å². The normalized spacial score (nSPS) is 15.7. The lowest BCUT2D eigenvalue weighted by molar-refractivity contribution is 0.546. The summed E-state index contributed by atoms with van der Waals surface area (Å²) >= 11 is 6.13. The molecule has 0 atom stereocenters. The number of nitrogens with two attached hydrogens (primary N) is 1. The van der Waals surface area contributed by atoms with Gasteiger partial charge in [-0.25, -0.2) is 9.97 Å². The average molecular weight is 309 g/mol. The number of nitrogen functional groups attached to an aromatic ring is 1. The second-order valence-electron chi connectivity index (χ2n) is 6.64. The lowest BCUT2D eigenvalue weighted by Gasteiger charge is -2.19. The Kier molecular flexibility index (Phi) is 5.09. The maximum Gasteiger partial charge on any atom is 0.157 e. The van der Waals surface area contributed by atoms with E-state index < -0.39 is 0 Å². The molecule has 0 aliphatic heterocycles. The Bertz CT molecular complexity index is 532. The Morgan fingerprint density at radius 1 is 1.29 bits per heavy atom. The van der Waals surface area contributed by atoms with E-state index in [1.807, 2.05) is 0 Å². The number of allylic oxidation sites excluding steroid dienone is 1. The number of nitrogens with zero attached hydrogens (tertiary/aromatic N) is 2. The molecule has 0 radical (unpaired) electrons. The van der Waals surface area contributed by atoms with Gasteiger partial charge in [0.25, 0.3) is 0 Å². The lowest BCUT2D eigenvalue weighted by atomic mass is 9.96. The molecule has 2 rings (SSSR count). The molecule has 0 unspecified atom stereocenters. The first-order valence-electron chi connectivity index (χ1n) is 7.63. The van der Waals surface area contributed by atoms with Gasteiger partial charge in [0, 0.05) is 12.0 Å². The Morgan fingerprint density at radius 3 is 2.67 bits per heavy atom. The summed E-state index contributed by atoms with van der Waals surface area (Å²) in [6.07, 6.45) is 8.45. The molecule has 3 N–H and O–H groups in total. The SMILES string of the molecule is CC(C)(C)c1nc(Cl)c(N)c(NCCC2=CCCCC2)n1. The zero-order valence-corrected chi connectivity index (χ0v) is 13.9. The molecule has 0 aromatic carbocycles. The zero-order chi connectivity index (χ0) is 15.5. The summed E-state index contributed by atoms with van der Waals surface area (Å²) in [5.74, 6) is 1.36. The van der Waals surface area contributed by atoms with Gasteiger partial charge in [-0.2, -0.15) is 0 Å². The van der Waals surface area contributed by atoms with E-state index in [9.17, 15) is 0 Å². The molecule has 0 saturated carbocycles. The fourth-order valence-electron chi connectivity index (χ4n) is 2.39. The molecular weight excluding hydrogens is 284 g/mol. The van der Waals surface area contributed by atoms with Crippen LogP contribution in [0.4, 0.5) is 11.5 Å². The van der Waals surface area contributed by atoms with Crippen LogP contribution in [0.15, 0.2) is 11.6 Å². The fourth-order valence-corrected chi connectivity index (χ4v) is 2.55. The van der Waals surface area contributed by atoms with Crippen molar-refractivity contribution in [1.82, 2.24) is 9.97 Å². The Hall–Kier alpha value is -1.29. The summed E-state index contributed by atoms with van der Waals surface area (Å²) in [4.78, 5) is 8.82. The highest BCUT2D eigenvalue weighted by molar-refractivity contribution is 6.32. The molecule has 21 heavy (non-hydrogen) atoms. The van der Waals surface area contributed by atoms with Crippen LogP contribution >= 0.6 is 11.6 Å². The molecule has 1 heterocycles. The fraction of sp³-hybridized carbons (Fsp3) is 0.625. The van der Waals surface area contributed by atoms with E-state index in [1.54, 1.807) is 0 Å². The molecule has 0 bridgehead atoms. The van der Waals surface area contributed by atoms with E-state index in [2.05, 4.69) is 42.1 Å². The Morgan fingerprint density at radius 2 is 2.05 bits per heavy atom. The molecule has 0 fully saturated rings. The van der Waals surface area contributed by atoms with Gasteiger partial charge in [0.05, 0.1) is 0 Å². The van der Waals surface area contributed by atoms with Gasteiger partial charge in [0.1, 0.15) is 11.5 Å². The highest BCUT2D eigenvalue weighted by atomic mass is 35.5. The molecule has 1 aromatic heterocycles. The molecule has 1 aliphatic carbocycles. The summed E-state index contributed by atoms with van der Waals surface area (Å²) in [5.41, 5.74) is 7.79. The van der Waals surface area contributed by atoms with E-state index in [4.69, 9.17) is 17.3 Å². The second kappa shape index (κ2) is 6.65. The number of halogens is 1. The predicted molar refractivity (Wildman–Crippen MR) is 89.8 cm³/mol. The van der Waals surface area contributed by atoms with Crippen LogP contribution in [0.2, 0.25) is 5.15 Å². The van der Waals surface area contributed by atoms with E-state index in [0.717, 1.165) is 13.0 Å². The first kappa shape index (κ1) is 16.1. The van der Waals surface area contributed by atoms with E-state index in [1.165, 1.54) is 31.3 Å². The number of hydrogen-bond acceptors (Lipinski definition) is 4. The molecule has 0 amide bonds. The minimum Gasteiger partial charge on any atom is -0.393 e. The molecule has 0 spiro atoms. The van der Waals surface area contributed by atoms with E-state index in [0.29, 0.717) is 22.5 Å². The Balaban J connectivity index is 2.05. The number of hydrogen-bond donors (Lipinski definition) is 2. The summed E-state index contributed by atoms with van der Waals surface area (Å²) < 4.78 is 0. The Labute approximate surface area is 132 Å². The van der Waals surface area contributed by atoms with E-state index in [-0.39, 0.29) is 5.41 Å². The third-order valence-electron chi connectivity index (χ3n) is 3.69. The maximum absolute atomic E-state index is 6.13. The van der Waals surface area contributed by atoms with Crippen LogP contribution in [0, 0.1) is 0 Å². The third-order valence-corrected chi connectivity index (χ3v) is 3.98. The van der Waals surface area contributed by atoms with Gasteiger partial charge < -0.3 is 11.1 Å². The molecule has 116 valence electrons. The molecule has 5 heteroatoms. The topological polar surface area (TPSA) is 63.8 Å². The molecule has 1 aliphatic rings. The first-order valence-corrected chi connectivity index (χ1v) is 8.01. The first-order chi connectivity index (χ1) is 9.88. The number of anilines is 2. The van der Waals surface area contributed by atoms with Gasteiger partial charge in [-0.3, -0.25) is 0 Å². The average Bonchev–Trinajstić information content (AvgIpc) is 2.43. The predicted octanol–water partition coefficient (Wildman–Crippen LogP) is 4.31. The van der Waals surface area contributed by atoms with Crippen molar-refractivity contribution in [2.75, 3.05) is 17.6 Å². The van der Waals surface area contributed by atoms with Crippen LogP contribution in [0.25, 0.3) is 0 Å². The van der Waals surface area contributed by atoms with Crippen molar-refractivity contribution >= 4 is 23.1 Å². The van der Waals surface area contributed by atoms with Gasteiger partial charge in [-0.15, -0.1) is 0 Å². The van der Waals surface area contributed by atoms with Crippen LogP contribution in [-0.2, 0) is 5.41 Å². The van der Waals surface area contributed by atoms with Crippen molar-refractivity contribution in [3.8, 4) is 0 Å². The summed E-state index contributed by atoms with van der Waals surface area (Å²) in [6.45, 7) is 7.01. The van der Waals surface area contributed by atoms with Crippen molar-refractivity contribution in [1.29, 1.82) is 0 Å². The van der Waals surface area contributed by atoms with E-state index >= 15 is 0 Å². The lowest BCUT2D eigenvalue weighted by Crippen LogP contribution is -2.19. The quantitative estimate of drug-likeness (QED) is 0.642. The number of rotatable bonds is 4. The number of aromatic nitrogens is 2. The highest BCUT2D eigenvalue weighted by Gasteiger charge is 2.21. The summed E-state index contributed by atoms with van der Waals surface area (Å²) in [6, 6.07) is 0. The smallest absolute Gasteiger partial charge is 0.157 e. The number of nitrogens with one attached hydrogen (secondary N) is 1. The molecular formula is C16H25ClN4. The largest absolute Gasteiger partial charge is 0.393 e. The van der Waals surface area contributed by atoms with Crippen LogP contribution in [-0.4, -0.2) is 16.5 Å². The van der Waals surface area contributed by atoms with Gasteiger partial charge >= 0.3 is 0 Å². The van der Waals surface area contributed by atoms with Crippen molar-refractivity contribution in [2.45, 2.75) is 58.3 Å². The van der Waals surface area contributed by atoms with Gasteiger partial charge in [-0.05, 0) is 32.1 Å². The zero-order valence-electron chi connectivity index (χ0n) is 13.2. The third kappa shape index (κ3) is 4.34. The van der Waals surface area contributed by atoms with Crippen LogP contribution in [0.5, 0.6) is 0 Å². The van der Waals surface area contributed by atoms with Crippen molar-refractivity contribution < 1.29 is 0 Å². The monoisotopic (exact) mass is 308 g/mol. The molecule has 0 saturated heterocycles. The van der Waals surface area contributed by atoms with Crippen LogP contribution < -0.4 is 11.1 Å². The van der Waals surface area contributed by atoms with Crippen LogP contribution in [0.1, 0.15) is 58.7 Å². The van der Waals surface area contributed by atoms with Crippen molar-refractivity contribution in [2.24, 2.45) is 0 Å².